The van der Waals surface area contributed by atoms with Crippen LogP contribution in [-0.4, -0.2) is 4.57 Å². The predicted molar refractivity (Wildman–Crippen MR) is 93.9 cm³/mol. The number of nitrogens with zero attached hydrogens (tertiary/aromatic N) is 1. The van der Waals surface area contributed by atoms with Crippen molar-refractivity contribution in [3.63, 3.8) is 0 Å². The fourth-order valence-electron chi connectivity index (χ4n) is 3.01. The maximum atomic E-state index is 3.65. The third kappa shape index (κ3) is 3.07. The van der Waals surface area contributed by atoms with Crippen molar-refractivity contribution in [1.29, 1.82) is 0 Å². The summed E-state index contributed by atoms with van der Waals surface area (Å²) >= 11 is 0. The Balaban J connectivity index is 1.79. The third-order valence-corrected chi connectivity index (χ3v) is 4.23. The van der Waals surface area contributed by atoms with Gasteiger partial charge in [0.1, 0.15) is 0 Å². The smallest absolute Gasteiger partial charge is 0.0483 e. The largest absolute Gasteiger partial charge is 0.347 e. The molecule has 0 amide bonds. The average molecular weight is 292 g/mol. The molecule has 0 aliphatic rings. The summed E-state index contributed by atoms with van der Waals surface area (Å²) in [6, 6.07) is 19.7. The summed E-state index contributed by atoms with van der Waals surface area (Å²) in [5.41, 5.74) is 4.06. The molecule has 0 saturated heterocycles. The van der Waals surface area contributed by atoms with E-state index in [1.54, 1.807) is 0 Å². The summed E-state index contributed by atoms with van der Waals surface area (Å²) in [5.74, 6) is 0. The van der Waals surface area contributed by atoms with Crippen molar-refractivity contribution in [2.45, 2.75) is 39.4 Å². The number of hydrogen-bond donors (Lipinski definition) is 1. The molecule has 1 aromatic heterocycles. The van der Waals surface area contributed by atoms with Crippen LogP contribution in [-0.2, 0) is 13.1 Å². The number of aryl methyl sites for hydroxylation is 1. The van der Waals surface area contributed by atoms with Gasteiger partial charge < -0.3 is 9.88 Å². The number of nitrogens with one attached hydrogen (secondary N) is 1. The molecule has 0 radical (unpaired) electrons. The van der Waals surface area contributed by atoms with Crippen molar-refractivity contribution < 1.29 is 0 Å². The van der Waals surface area contributed by atoms with Crippen LogP contribution in [0.1, 0.15) is 37.4 Å². The lowest BCUT2D eigenvalue weighted by atomic mass is 10.1. The first-order valence-corrected chi connectivity index (χ1v) is 8.14. The Labute approximate surface area is 132 Å². The molecule has 0 saturated carbocycles. The first-order valence-electron chi connectivity index (χ1n) is 8.14. The summed E-state index contributed by atoms with van der Waals surface area (Å²) in [5, 5.41) is 5.01. The lowest BCUT2D eigenvalue weighted by Crippen LogP contribution is -2.17. The molecule has 0 fully saturated rings. The third-order valence-electron chi connectivity index (χ3n) is 4.23. The van der Waals surface area contributed by atoms with Crippen LogP contribution in [0.25, 0.3) is 10.9 Å². The van der Waals surface area contributed by atoms with E-state index in [-0.39, 0.29) is 0 Å². The summed E-state index contributed by atoms with van der Waals surface area (Å²) in [6.45, 7) is 6.42. The summed E-state index contributed by atoms with van der Waals surface area (Å²) < 4.78 is 2.37. The standard InChI is InChI=1S/C20H24N2/c1-3-13-22-15-18(19-11-7-8-12-20(19)22)14-21-16(2)17-9-5-4-6-10-17/h4-12,15-16,21H,3,13-14H2,1-2H3/t16-/m1/s1. The number of para-hydroxylation sites is 1. The first-order chi connectivity index (χ1) is 10.8. The molecular weight excluding hydrogens is 268 g/mol. The molecule has 0 aliphatic carbocycles. The van der Waals surface area contributed by atoms with Crippen LogP contribution < -0.4 is 5.32 Å². The summed E-state index contributed by atoms with van der Waals surface area (Å²) in [7, 11) is 0. The van der Waals surface area contributed by atoms with E-state index in [4.69, 9.17) is 0 Å². The van der Waals surface area contributed by atoms with Gasteiger partial charge in [-0.3, -0.25) is 0 Å². The van der Waals surface area contributed by atoms with Gasteiger partial charge in [0, 0.05) is 36.2 Å². The van der Waals surface area contributed by atoms with E-state index in [9.17, 15) is 0 Å². The van der Waals surface area contributed by atoms with Gasteiger partial charge in [-0.25, -0.2) is 0 Å². The van der Waals surface area contributed by atoms with Gasteiger partial charge in [0.2, 0.25) is 0 Å². The average Bonchev–Trinajstić information content (AvgIpc) is 2.92. The molecule has 22 heavy (non-hydrogen) atoms. The zero-order valence-electron chi connectivity index (χ0n) is 13.4. The summed E-state index contributed by atoms with van der Waals surface area (Å²) in [4.78, 5) is 0. The minimum Gasteiger partial charge on any atom is -0.347 e. The SMILES string of the molecule is CCCn1cc(CN[C@H](C)c2ccccc2)c2ccccc21. The molecule has 0 unspecified atom stereocenters. The van der Waals surface area contributed by atoms with E-state index in [0.717, 1.165) is 19.5 Å². The monoisotopic (exact) mass is 292 g/mol. The van der Waals surface area contributed by atoms with Gasteiger partial charge in [-0.2, -0.15) is 0 Å². The molecule has 0 spiro atoms. The molecule has 2 heteroatoms. The normalized spacial score (nSPS) is 12.6. The Morgan fingerprint density at radius 3 is 2.50 bits per heavy atom. The van der Waals surface area contributed by atoms with Crippen molar-refractivity contribution >= 4 is 10.9 Å². The van der Waals surface area contributed by atoms with Crippen LogP contribution in [0.15, 0.2) is 60.8 Å². The fourth-order valence-corrected chi connectivity index (χ4v) is 3.01. The molecule has 2 aromatic carbocycles. The van der Waals surface area contributed by atoms with E-state index >= 15 is 0 Å². The van der Waals surface area contributed by atoms with E-state index in [0.29, 0.717) is 6.04 Å². The minimum absolute atomic E-state index is 0.356. The van der Waals surface area contributed by atoms with E-state index in [1.165, 1.54) is 22.0 Å². The predicted octanol–water partition coefficient (Wildman–Crippen LogP) is 4.90. The van der Waals surface area contributed by atoms with Gasteiger partial charge in [0.05, 0.1) is 0 Å². The number of rotatable bonds is 6. The highest BCUT2D eigenvalue weighted by atomic mass is 15.0. The van der Waals surface area contributed by atoms with Crippen LogP contribution >= 0.6 is 0 Å². The van der Waals surface area contributed by atoms with Crippen molar-refractivity contribution in [2.75, 3.05) is 0 Å². The lowest BCUT2D eigenvalue weighted by molar-refractivity contribution is 0.574. The van der Waals surface area contributed by atoms with Crippen LogP contribution in [0.2, 0.25) is 0 Å². The molecule has 1 heterocycles. The fraction of sp³-hybridized carbons (Fsp3) is 0.300. The highest BCUT2D eigenvalue weighted by Gasteiger charge is 2.09. The number of hydrogen-bond acceptors (Lipinski definition) is 1. The Bertz CT molecular complexity index is 728. The lowest BCUT2D eigenvalue weighted by Gasteiger charge is -2.13. The molecular formula is C20H24N2. The van der Waals surface area contributed by atoms with Gasteiger partial charge in [0.15, 0.2) is 0 Å². The van der Waals surface area contributed by atoms with E-state index in [1.807, 2.05) is 0 Å². The van der Waals surface area contributed by atoms with Gasteiger partial charge in [-0.15, -0.1) is 0 Å². The van der Waals surface area contributed by atoms with Gasteiger partial charge in [-0.1, -0.05) is 55.5 Å². The Morgan fingerprint density at radius 2 is 1.73 bits per heavy atom. The second-order valence-electron chi connectivity index (χ2n) is 5.88. The molecule has 2 nitrogen and oxygen atoms in total. The maximum absolute atomic E-state index is 3.65. The number of aromatic nitrogens is 1. The number of benzene rings is 2. The molecule has 0 bridgehead atoms. The quantitative estimate of drug-likeness (QED) is 0.683. The second-order valence-corrected chi connectivity index (χ2v) is 5.88. The summed E-state index contributed by atoms with van der Waals surface area (Å²) in [6.07, 6.45) is 3.46. The van der Waals surface area contributed by atoms with Crippen molar-refractivity contribution in [2.24, 2.45) is 0 Å². The Morgan fingerprint density at radius 1 is 1.00 bits per heavy atom. The topological polar surface area (TPSA) is 17.0 Å². The van der Waals surface area contributed by atoms with E-state index < -0.39 is 0 Å². The molecule has 1 atom stereocenters. The molecule has 114 valence electrons. The van der Waals surface area contributed by atoms with Crippen molar-refractivity contribution in [1.82, 2.24) is 9.88 Å². The Kier molecular flexibility index (Phi) is 4.59. The van der Waals surface area contributed by atoms with Crippen molar-refractivity contribution in [3.8, 4) is 0 Å². The van der Waals surface area contributed by atoms with Crippen LogP contribution in [0.5, 0.6) is 0 Å². The van der Waals surface area contributed by atoms with Crippen LogP contribution in [0, 0.1) is 0 Å². The first kappa shape index (κ1) is 14.9. The molecule has 0 aliphatic heterocycles. The highest BCUT2D eigenvalue weighted by Crippen LogP contribution is 2.22. The number of fused-ring (bicyclic) bond motifs is 1. The van der Waals surface area contributed by atoms with Crippen LogP contribution in [0.4, 0.5) is 0 Å². The molecule has 3 rings (SSSR count). The van der Waals surface area contributed by atoms with Crippen molar-refractivity contribution in [3.05, 3.63) is 71.9 Å². The zero-order chi connectivity index (χ0) is 15.4. The minimum atomic E-state index is 0.356. The molecule has 3 aromatic rings. The van der Waals surface area contributed by atoms with Crippen LogP contribution in [0.3, 0.4) is 0 Å². The maximum Gasteiger partial charge on any atom is 0.0483 e. The highest BCUT2D eigenvalue weighted by molar-refractivity contribution is 5.83. The Hall–Kier alpha value is -2.06. The van der Waals surface area contributed by atoms with Gasteiger partial charge in [0.25, 0.3) is 0 Å². The van der Waals surface area contributed by atoms with Gasteiger partial charge >= 0.3 is 0 Å². The van der Waals surface area contributed by atoms with Gasteiger partial charge in [-0.05, 0) is 30.5 Å². The molecule has 1 N–H and O–H groups in total. The van der Waals surface area contributed by atoms with E-state index in [2.05, 4.69) is 84.5 Å². The zero-order valence-corrected chi connectivity index (χ0v) is 13.4. The second kappa shape index (κ2) is 6.80.